The normalized spacial score (nSPS) is 17.9. The third-order valence-corrected chi connectivity index (χ3v) is 3.58. The first kappa shape index (κ1) is 16.4. The van der Waals surface area contributed by atoms with Crippen LogP contribution in [0.15, 0.2) is 30.3 Å². The van der Waals surface area contributed by atoms with E-state index in [1.54, 1.807) is 0 Å². The number of tetrazole rings is 1. The molecule has 1 amide bonds. The molecule has 118 valence electrons. The van der Waals surface area contributed by atoms with Crippen LogP contribution in [0, 0.1) is 0 Å². The first-order valence-electron chi connectivity index (χ1n) is 7.07. The number of hydrogen-bond acceptors (Lipinski definition) is 5. The molecule has 1 aliphatic rings. The smallest absolute Gasteiger partial charge is 0.246 e. The number of carbonyl (C=O) groups excluding carboxylic acids is 1. The van der Waals surface area contributed by atoms with Crippen molar-refractivity contribution in [1.82, 2.24) is 30.4 Å². The topological polar surface area (TPSA) is 75.9 Å². The lowest BCUT2D eigenvalue weighted by atomic mass is 10.2. The third-order valence-electron chi connectivity index (χ3n) is 3.58. The molecule has 0 spiro atoms. The Balaban J connectivity index is 0.00000176. The van der Waals surface area contributed by atoms with Gasteiger partial charge in [-0.25, -0.2) is 0 Å². The standard InChI is InChI=1S/C14H18N6O.ClH/c1-11-9-15-7-8-19(11)13(21)10-20-17-14(16-18-20)12-5-3-2-4-6-12;/h2-6,11,15H,7-10H2,1H3;1H/t11-;/m1./s1. The summed E-state index contributed by atoms with van der Waals surface area (Å²) in [7, 11) is 0. The maximum Gasteiger partial charge on any atom is 0.246 e. The Labute approximate surface area is 135 Å². The molecule has 1 aliphatic heterocycles. The minimum atomic E-state index is 0. The van der Waals surface area contributed by atoms with Gasteiger partial charge in [-0.05, 0) is 12.1 Å². The van der Waals surface area contributed by atoms with E-state index in [9.17, 15) is 4.79 Å². The highest BCUT2D eigenvalue weighted by molar-refractivity contribution is 5.85. The number of carbonyl (C=O) groups is 1. The number of halogens is 1. The summed E-state index contributed by atoms with van der Waals surface area (Å²) in [6.07, 6.45) is 0. The Bertz CT molecular complexity index is 617. The molecule has 1 N–H and O–H groups in total. The third kappa shape index (κ3) is 3.61. The zero-order chi connectivity index (χ0) is 14.7. The minimum Gasteiger partial charge on any atom is -0.336 e. The van der Waals surface area contributed by atoms with Crippen molar-refractivity contribution in [3.63, 3.8) is 0 Å². The zero-order valence-electron chi connectivity index (χ0n) is 12.3. The number of hydrogen-bond donors (Lipinski definition) is 1. The Hall–Kier alpha value is -1.99. The molecule has 0 aliphatic carbocycles. The molecule has 0 bridgehead atoms. The van der Waals surface area contributed by atoms with Crippen LogP contribution in [0.25, 0.3) is 11.4 Å². The van der Waals surface area contributed by atoms with Gasteiger partial charge in [0.1, 0.15) is 6.54 Å². The van der Waals surface area contributed by atoms with Crippen molar-refractivity contribution in [3.8, 4) is 11.4 Å². The maximum atomic E-state index is 12.3. The van der Waals surface area contributed by atoms with Gasteiger partial charge in [0.15, 0.2) is 0 Å². The van der Waals surface area contributed by atoms with Crippen LogP contribution in [0.2, 0.25) is 0 Å². The number of nitrogens with zero attached hydrogens (tertiary/aromatic N) is 5. The summed E-state index contributed by atoms with van der Waals surface area (Å²) >= 11 is 0. The van der Waals surface area contributed by atoms with Crippen molar-refractivity contribution < 1.29 is 4.79 Å². The van der Waals surface area contributed by atoms with Crippen LogP contribution in [-0.2, 0) is 11.3 Å². The molecular weight excluding hydrogens is 304 g/mol. The quantitative estimate of drug-likeness (QED) is 0.894. The van der Waals surface area contributed by atoms with E-state index in [1.165, 1.54) is 4.80 Å². The van der Waals surface area contributed by atoms with Gasteiger partial charge >= 0.3 is 0 Å². The molecule has 1 aromatic carbocycles. The average molecular weight is 323 g/mol. The molecule has 0 unspecified atom stereocenters. The molecule has 2 aromatic rings. The lowest BCUT2D eigenvalue weighted by Crippen LogP contribution is -2.53. The molecule has 0 radical (unpaired) electrons. The average Bonchev–Trinajstić information content (AvgIpc) is 2.97. The molecule has 2 heterocycles. The highest BCUT2D eigenvalue weighted by Gasteiger charge is 2.23. The summed E-state index contributed by atoms with van der Waals surface area (Å²) in [4.78, 5) is 15.5. The summed E-state index contributed by atoms with van der Waals surface area (Å²) in [5.41, 5.74) is 0.895. The van der Waals surface area contributed by atoms with E-state index in [1.807, 2.05) is 42.2 Å². The molecule has 8 heteroatoms. The van der Waals surface area contributed by atoms with Crippen molar-refractivity contribution in [2.45, 2.75) is 19.5 Å². The van der Waals surface area contributed by atoms with Crippen molar-refractivity contribution in [2.24, 2.45) is 0 Å². The maximum absolute atomic E-state index is 12.3. The van der Waals surface area contributed by atoms with Gasteiger partial charge in [0.2, 0.25) is 11.7 Å². The molecule has 1 fully saturated rings. The first-order valence-corrected chi connectivity index (χ1v) is 7.07. The van der Waals surface area contributed by atoms with E-state index in [0.717, 1.165) is 25.2 Å². The fourth-order valence-corrected chi connectivity index (χ4v) is 2.44. The van der Waals surface area contributed by atoms with Crippen molar-refractivity contribution in [2.75, 3.05) is 19.6 Å². The Morgan fingerprint density at radius 3 is 2.86 bits per heavy atom. The van der Waals surface area contributed by atoms with E-state index in [2.05, 4.69) is 20.7 Å². The molecule has 0 saturated carbocycles. The van der Waals surface area contributed by atoms with Crippen LogP contribution in [0.4, 0.5) is 0 Å². The Morgan fingerprint density at radius 1 is 1.36 bits per heavy atom. The van der Waals surface area contributed by atoms with Crippen molar-refractivity contribution >= 4 is 18.3 Å². The summed E-state index contributed by atoms with van der Waals surface area (Å²) in [5, 5.41) is 15.5. The van der Waals surface area contributed by atoms with Crippen LogP contribution in [0.3, 0.4) is 0 Å². The largest absolute Gasteiger partial charge is 0.336 e. The predicted molar refractivity (Wildman–Crippen MR) is 84.5 cm³/mol. The van der Waals surface area contributed by atoms with Gasteiger partial charge in [-0.2, -0.15) is 4.80 Å². The fraction of sp³-hybridized carbons (Fsp3) is 0.429. The van der Waals surface area contributed by atoms with Crippen molar-refractivity contribution in [1.29, 1.82) is 0 Å². The van der Waals surface area contributed by atoms with Gasteiger partial charge in [0, 0.05) is 31.2 Å². The van der Waals surface area contributed by atoms with E-state index in [0.29, 0.717) is 5.82 Å². The highest BCUT2D eigenvalue weighted by atomic mass is 35.5. The van der Waals surface area contributed by atoms with Crippen LogP contribution >= 0.6 is 12.4 Å². The number of aromatic nitrogens is 4. The fourth-order valence-electron chi connectivity index (χ4n) is 2.44. The van der Waals surface area contributed by atoms with E-state index >= 15 is 0 Å². The van der Waals surface area contributed by atoms with Crippen molar-refractivity contribution in [3.05, 3.63) is 30.3 Å². The van der Waals surface area contributed by atoms with E-state index in [4.69, 9.17) is 0 Å². The summed E-state index contributed by atoms with van der Waals surface area (Å²) < 4.78 is 0. The second-order valence-electron chi connectivity index (χ2n) is 5.15. The van der Waals surface area contributed by atoms with Gasteiger partial charge in [0.05, 0.1) is 0 Å². The zero-order valence-corrected chi connectivity index (χ0v) is 13.2. The highest BCUT2D eigenvalue weighted by Crippen LogP contribution is 2.12. The van der Waals surface area contributed by atoms with Crippen LogP contribution in [-0.4, -0.2) is 56.7 Å². The van der Waals surface area contributed by atoms with E-state index < -0.39 is 0 Å². The molecule has 1 saturated heterocycles. The molecule has 22 heavy (non-hydrogen) atoms. The van der Waals surface area contributed by atoms with Gasteiger partial charge in [-0.3, -0.25) is 4.79 Å². The molecule has 1 atom stereocenters. The van der Waals surface area contributed by atoms with Gasteiger partial charge < -0.3 is 10.2 Å². The van der Waals surface area contributed by atoms with Crippen LogP contribution in [0.1, 0.15) is 6.92 Å². The second-order valence-corrected chi connectivity index (χ2v) is 5.15. The number of piperazine rings is 1. The summed E-state index contributed by atoms with van der Waals surface area (Å²) in [6.45, 7) is 4.54. The number of nitrogens with one attached hydrogen (secondary N) is 1. The summed E-state index contributed by atoms with van der Waals surface area (Å²) in [5.74, 6) is 0.567. The molecular formula is C14H19ClN6O. The molecule has 3 rings (SSSR count). The van der Waals surface area contributed by atoms with E-state index in [-0.39, 0.29) is 30.9 Å². The van der Waals surface area contributed by atoms with Gasteiger partial charge in [0.25, 0.3) is 0 Å². The Kier molecular flexibility index (Phi) is 5.46. The van der Waals surface area contributed by atoms with Gasteiger partial charge in [-0.1, -0.05) is 30.3 Å². The number of rotatable bonds is 3. The minimum absolute atomic E-state index is 0. The lowest BCUT2D eigenvalue weighted by molar-refractivity contribution is -0.135. The SMILES string of the molecule is C[C@@H]1CNCCN1C(=O)Cn1nnc(-c2ccccc2)n1.Cl. The predicted octanol–water partition coefficient (Wildman–Crippen LogP) is 0.582. The molecule has 1 aromatic heterocycles. The number of benzene rings is 1. The Morgan fingerprint density at radius 2 is 2.14 bits per heavy atom. The molecule has 7 nitrogen and oxygen atoms in total. The first-order chi connectivity index (χ1) is 10.2. The monoisotopic (exact) mass is 322 g/mol. The second kappa shape index (κ2) is 7.33. The van der Waals surface area contributed by atoms with Gasteiger partial charge in [-0.15, -0.1) is 22.6 Å². The summed E-state index contributed by atoms with van der Waals surface area (Å²) in [6, 6.07) is 9.81. The van der Waals surface area contributed by atoms with Crippen LogP contribution in [0.5, 0.6) is 0 Å². The number of amides is 1. The van der Waals surface area contributed by atoms with Crippen LogP contribution < -0.4 is 5.32 Å². The lowest BCUT2D eigenvalue weighted by Gasteiger charge is -2.33.